The van der Waals surface area contributed by atoms with E-state index in [4.69, 9.17) is 0 Å². The Morgan fingerprint density at radius 2 is 2.05 bits per heavy atom. The topological polar surface area (TPSA) is 41.1 Å². The largest absolute Gasteiger partial charge is 0.351 e. The third kappa shape index (κ3) is 3.54. The zero-order valence-corrected chi connectivity index (χ0v) is 12.4. The molecule has 2 aromatic heterocycles. The second-order valence-corrected chi connectivity index (χ2v) is 4.80. The molecule has 106 valence electrons. The molecular formula is C16H22N4. The number of hydrogen-bond donors (Lipinski definition) is 1. The van der Waals surface area contributed by atoms with Gasteiger partial charge >= 0.3 is 0 Å². The van der Waals surface area contributed by atoms with Crippen LogP contribution in [0.2, 0.25) is 0 Å². The Morgan fingerprint density at radius 3 is 2.75 bits per heavy atom. The van der Waals surface area contributed by atoms with Crippen LogP contribution in [0.5, 0.6) is 0 Å². The summed E-state index contributed by atoms with van der Waals surface area (Å²) >= 11 is 0. The molecule has 0 spiro atoms. The highest BCUT2D eigenvalue weighted by Gasteiger charge is 2.11. The van der Waals surface area contributed by atoms with Gasteiger partial charge in [0, 0.05) is 30.5 Å². The first kappa shape index (κ1) is 14.5. The standard InChI is InChI=1S/C16H22N4/c1-4-20(12-15-9-5-7-13(2)19-15)16-14(11-17-3)8-6-10-18-16/h5-10,17H,4,11-12H2,1-3H3. The van der Waals surface area contributed by atoms with Crippen LogP contribution in [0, 0.1) is 6.92 Å². The number of aryl methyl sites for hydroxylation is 1. The summed E-state index contributed by atoms with van der Waals surface area (Å²) < 4.78 is 0. The van der Waals surface area contributed by atoms with Crippen LogP contribution in [0.1, 0.15) is 23.9 Å². The first-order chi connectivity index (χ1) is 9.74. The molecule has 0 radical (unpaired) electrons. The fraction of sp³-hybridized carbons (Fsp3) is 0.375. The van der Waals surface area contributed by atoms with E-state index in [2.05, 4.69) is 45.3 Å². The van der Waals surface area contributed by atoms with E-state index in [1.54, 1.807) is 0 Å². The molecular weight excluding hydrogens is 248 g/mol. The number of pyridine rings is 2. The van der Waals surface area contributed by atoms with Gasteiger partial charge in [-0.3, -0.25) is 4.98 Å². The third-order valence-electron chi connectivity index (χ3n) is 3.21. The summed E-state index contributed by atoms with van der Waals surface area (Å²) in [4.78, 5) is 11.4. The Labute approximate surface area is 120 Å². The molecule has 4 nitrogen and oxygen atoms in total. The SMILES string of the molecule is CCN(Cc1cccc(C)n1)c1ncccc1CNC. The third-order valence-corrected chi connectivity index (χ3v) is 3.21. The van der Waals surface area contributed by atoms with E-state index in [0.29, 0.717) is 0 Å². The number of anilines is 1. The lowest BCUT2D eigenvalue weighted by molar-refractivity contribution is 0.758. The summed E-state index contributed by atoms with van der Waals surface area (Å²) in [6.07, 6.45) is 1.85. The van der Waals surface area contributed by atoms with Crippen LogP contribution in [0.25, 0.3) is 0 Å². The van der Waals surface area contributed by atoms with E-state index in [-0.39, 0.29) is 0 Å². The van der Waals surface area contributed by atoms with Crippen molar-refractivity contribution in [3.05, 3.63) is 53.5 Å². The van der Waals surface area contributed by atoms with Crippen LogP contribution < -0.4 is 10.2 Å². The summed E-state index contributed by atoms with van der Waals surface area (Å²) in [6.45, 7) is 6.68. The molecule has 0 atom stereocenters. The molecule has 0 amide bonds. The highest BCUT2D eigenvalue weighted by molar-refractivity contribution is 5.46. The van der Waals surface area contributed by atoms with E-state index < -0.39 is 0 Å². The molecule has 0 bridgehead atoms. The second-order valence-electron chi connectivity index (χ2n) is 4.80. The quantitative estimate of drug-likeness (QED) is 0.876. The predicted octanol–water partition coefficient (Wildman–Crippen LogP) is 2.53. The average molecular weight is 270 g/mol. The van der Waals surface area contributed by atoms with Crippen LogP contribution in [-0.2, 0) is 13.1 Å². The first-order valence-corrected chi connectivity index (χ1v) is 7.00. The molecule has 0 aliphatic rings. The molecule has 1 N–H and O–H groups in total. The zero-order chi connectivity index (χ0) is 14.4. The normalized spacial score (nSPS) is 10.6. The van der Waals surface area contributed by atoms with Crippen LogP contribution in [0.4, 0.5) is 5.82 Å². The van der Waals surface area contributed by atoms with Crippen LogP contribution in [0.15, 0.2) is 36.5 Å². The zero-order valence-electron chi connectivity index (χ0n) is 12.4. The van der Waals surface area contributed by atoms with Crippen molar-refractivity contribution in [2.45, 2.75) is 26.9 Å². The van der Waals surface area contributed by atoms with Crippen molar-refractivity contribution in [3.8, 4) is 0 Å². The Hall–Kier alpha value is -1.94. The van der Waals surface area contributed by atoms with E-state index in [1.165, 1.54) is 5.56 Å². The van der Waals surface area contributed by atoms with Crippen molar-refractivity contribution in [1.82, 2.24) is 15.3 Å². The van der Waals surface area contributed by atoms with Crippen molar-refractivity contribution < 1.29 is 0 Å². The Kier molecular flexibility index (Phi) is 5.07. The van der Waals surface area contributed by atoms with Crippen molar-refractivity contribution >= 4 is 5.82 Å². The van der Waals surface area contributed by atoms with Gasteiger partial charge in [-0.15, -0.1) is 0 Å². The van der Waals surface area contributed by atoms with Crippen molar-refractivity contribution in [1.29, 1.82) is 0 Å². The number of rotatable bonds is 6. The molecule has 0 aliphatic carbocycles. The van der Waals surface area contributed by atoms with Gasteiger partial charge in [-0.25, -0.2) is 4.98 Å². The lowest BCUT2D eigenvalue weighted by atomic mass is 10.2. The van der Waals surface area contributed by atoms with E-state index in [1.807, 2.05) is 32.3 Å². The van der Waals surface area contributed by atoms with Gasteiger partial charge in [-0.1, -0.05) is 12.1 Å². The molecule has 2 heterocycles. The summed E-state index contributed by atoms with van der Waals surface area (Å²) in [5, 5.41) is 3.19. The van der Waals surface area contributed by atoms with E-state index in [0.717, 1.165) is 36.8 Å². The fourth-order valence-corrected chi connectivity index (χ4v) is 2.26. The number of aromatic nitrogens is 2. The monoisotopic (exact) mass is 270 g/mol. The minimum atomic E-state index is 0.784. The number of nitrogens with one attached hydrogen (secondary N) is 1. The lowest BCUT2D eigenvalue weighted by Crippen LogP contribution is -2.26. The van der Waals surface area contributed by atoms with Crippen LogP contribution in [0.3, 0.4) is 0 Å². The van der Waals surface area contributed by atoms with Gasteiger partial charge < -0.3 is 10.2 Å². The molecule has 0 aliphatic heterocycles. The Morgan fingerprint density at radius 1 is 1.20 bits per heavy atom. The fourth-order valence-electron chi connectivity index (χ4n) is 2.26. The maximum absolute atomic E-state index is 4.58. The maximum Gasteiger partial charge on any atom is 0.133 e. The van der Waals surface area contributed by atoms with Gasteiger partial charge in [0.05, 0.1) is 12.2 Å². The minimum Gasteiger partial charge on any atom is -0.351 e. The summed E-state index contributed by atoms with van der Waals surface area (Å²) in [7, 11) is 1.95. The second kappa shape index (κ2) is 7.01. The number of hydrogen-bond acceptors (Lipinski definition) is 4. The van der Waals surface area contributed by atoms with Gasteiger partial charge in [0.15, 0.2) is 0 Å². The summed E-state index contributed by atoms with van der Waals surface area (Å²) in [5.74, 6) is 1.03. The lowest BCUT2D eigenvalue weighted by Gasteiger charge is -2.24. The maximum atomic E-state index is 4.58. The van der Waals surface area contributed by atoms with Gasteiger partial charge in [0.2, 0.25) is 0 Å². The molecule has 0 saturated carbocycles. The minimum absolute atomic E-state index is 0.784. The molecule has 20 heavy (non-hydrogen) atoms. The molecule has 2 aromatic rings. The van der Waals surface area contributed by atoms with Crippen LogP contribution in [-0.4, -0.2) is 23.6 Å². The molecule has 0 fully saturated rings. The summed E-state index contributed by atoms with van der Waals surface area (Å²) in [5.41, 5.74) is 3.34. The van der Waals surface area contributed by atoms with Crippen molar-refractivity contribution in [3.63, 3.8) is 0 Å². The Balaban J connectivity index is 2.24. The highest BCUT2D eigenvalue weighted by atomic mass is 15.2. The van der Waals surface area contributed by atoms with Gasteiger partial charge in [0.1, 0.15) is 5.82 Å². The van der Waals surface area contributed by atoms with E-state index in [9.17, 15) is 0 Å². The van der Waals surface area contributed by atoms with Gasteiger partial charge in [-0.05, 0) is 39.1 Å². The van der Waals surface area contributed by atoms with Gasteiger partial charge in [0.25, 0.3) is 0 Å². The van der Waals surface area contributed by atoms with Crippen molar-refractivity contribution in [2.75, 3.05) is 18.5 Å². The average Bonchev–Trinajstić information content (AvgIpc) is 2.46. The van der Waals surface area contributed by atoms with E-state index >= 15 is 0 Å². The first-order valence-electron chi connectivity index (χ1n) is 7.00. The Bertz CT molecular complexity index is 554. The van der Waals surface area contributed by atoms with Crippen LogP contribution >= 0.6 is 0 Å². The number of nitrogens with zero attached hydrogens (tertiary/aromatic N) is 3. The molecule has 0 aromatic carbocycles. The molecule has 0 saturated heterocycles. The smallest absolute Gasteiger partial charge is 0.133 e. The molecule has 2 rings (SSSR count). The molecule has 4 heteroatoms. The summed E-state index contributed by atoms with van der Waals surface area (Å²) in [6, 6.07) is 10.2. The van der Waals surface area contributed by atoms with Gasteiger partial charge in [-0.2, -0.15) is 0 Å². The van der Waals surface area contributed by atoms with Crippen molar-refractivity contribution in [2.24, 2.45) is 0 Å². The molecule has 0 unspecified atom stereocenters. The predicted molar refractivity (Wildman–Crippen MR) is 82.7 cm³/mol. The highest BCUT2D eigenvalue weighted by Crippen LogP contribution is 2.19.